The Balaban J connectivity index is 1.36. The van der Waals surface area contributed by atoms with Crippen LogP contribution < -0.4 is 0 Å². The van der Waals surface area contributed by atoms with Crippen LogP contribution >= 0.6 is 22.7 Å². The van der Waals surface area contributed by atoms with Crippen molar-refractivity contribution in [1.82, 2.24) is 9.97 Å². The summed E-state index contributed by atoms with van der Waals surface area (Å²) in [7, 11) is 0. The molecular formula is C18H12N2O3S2. The van der Waals surface area contributed by atoms with E-state index >= 15 is 0 Å². The van der Waals surface area contributed by atoms with E-state index in [1.54, 1.807) is 11.3 Å². The van der Waals surface area contributed by atoms with Crippen molar-refractivity contribution in [3.63, 3.8) is 0 Å². The summed E-state index contributed by atoms with van der Waals surface area (Å²) in [4.78, 5) is 20.6. The minimum Gasteiger partial charge on any atom is -0.456 e. The number of aromatic nitrogens is 2. The van der Waals surface area contributed by atoms with Gasteiger partial charge < -0.3 is 9.15 Å². The number of nitrogens with zero attached hydrogens (tertiary/aromatic N) is 2. The van der Waals surface area contributed by atoms with Crippen LogP contribution in [0.2, 0.25) is 0 Å². The minimum absolute atomic E-state index is 0.136. The number of carbonyl (C=O) groups excluding carboxylic acids is 1. The number of esters is 1. The summed E-state index contributed by atoms with van der Waals surface area (Å²) in [5.41, 5.74) is 3.25. The number of thiophene rings is 1. The zero-order chi connectivity index (χ0) is 17.1. The van der Waals surface area contributed by atoms with E-state index in [1.807, 2.05) is 46.5 Å². The fraction of sp³-hybridized carbons (Fsp3) is 0.0556. The Morgan fingerprint density at radius 1 is 1.20 bits per heavy atom. The first-order valence-corrected chi connectivity index (χ1v) is 9.27. The highest BCUT2D eigenvalue weighted by atomic mass is 32.1. The first-order valence-electron chi connectivity index (χ1n) is 7.45. The Bertz CT molecular complexity index is 999. The third-order valence-electron chi connectivity index (χ3n) is 3.35. The van der Waals surface area contributed by atoms with Crippen molar-refractivity contribution in [2.75, 3.05) is 0 Å². The SMILES string of the molecule is O=C(/C=C/c1nc2ccccc2o1)OCc1csc(-c2ccsc2)n1. The second kappa shape index (κ2) is 7.00. The van der Waals surface area contributed by atoms with E-state index in [0.29, 0.717) is 11.5 Å². The molecule has 0 spiro atoms. The van der Waals surface area contributed by atoms with Crippen LogP contribution in [-0.4, -0.2) is 15.9 Å². The lowest BCUT2D eigenvalue weighted by atomic mass is 10.3. The van der Waals surface area contributed by atoms with Crippen molar-refractivity contribution in [3.05, 3.63) is 64.1 Å². The van der Waals surface area contributed by atoms with Gasteiger partial charge in [0.15, 0.2) is 5.58 Å². The highest BCUT2D eigenvalue weighted by Crippen LogP contribution is 2.25. The van der Waals surface area contributed by atoms with Crippen molar-refractivity contribution in [2.24, 2.45) is 0 Å². The van der Waals surface area contributed by atoms with Gasteiger partial charge in [-0.3, -0.25) is 0 Å². The molecule has 3 heterocycles. The molecule has 0 fully saturated rings. The predicted octanol–water partition coefficient (Wildman–Crippen LogP) is 4.77. The van der Waals surface area contributed by atoms with E-state index < -0.39 is 5.97 Å². The third-order valence-corrected chi connectivity index (χ3v) is 4.98. The van der Waals surface area contributed by atoms with Crippen molar-refractivity contribution < 1.29 is 13.9 Å². The highest BCUT2D eigenvalue weighted by molar-refractivity contribution is 7.14. The average Bonchev–Trinajstić information content (AvgIpc) is 3.37. The molecule has 3 aromatic heterocycles. The lowest BCUT2D eigenvalue weighted by molar-refractivity contribution is -0.139. The minimum atomic E-state index is -0.465. The summed E-state index contributed by atoms with van der Waals surface area (Å²) in [5, 5.41) is 6.87. The lowest BCUT2D eigenvalue weighted by Gasteiger charge is -1.97. The third kappa shape index (κ3) is 3.67. The number of para-hydroxylation sites is 2. The summed E-state index contributed by atoms with van der Waals surface area (Å²) in [6.45, 7) is 0.136. The molecule has 0 radical (unpaired) electrons. The highest BCUT2D eigenvalue weighted by Gasteiger charge is 2.07. The number of benzene rings is 1. The van der Waals surface area contributed by atoms with Gasteiger partial charge in [0.1, 0.15) is 17.1 Å². The Morgan fingerprint density at radius 2 is 2.12 bits per heavy atom. The zero-order valence-electron chi connectivity index (χ0n) is 12.9. The summed E-state index contributed by atoms with van der Waals surface area (Å²) in [6, 6.07) is 9.44. The van der Waals surface area contributed by atoms with E-state index in [2.05, 4.69) is 9.97 Å². The van der Waals surface area contributed by atoms with Crippen LogP contribution in [0.1, 0.15) is 11.6 Å². The predicted molar refractivity (Wildman–Crippen MR) is 98.3 cm³/mol. The first kappa shape index (κ1) is 15.7. The maximum atomic E-state index is 11.8. The van der Waals surface area contributed by atoms with E-state index in [0.717, 1.165) is 21.8 Å². The second-order valence-corrected chi connectivity index (χ2v) is 6.76. The van der Waals surface area contributed by atoms with Gasteiger partial charge in [-0.1, -0.05) is 12.1 Å². The average molecular weight is 368 g/mol. The van der Waals surface area contributed by atoms with Crippen molar-refractivity contribution in [1.29, 1.82) is 0 Å². The molecule has 4 aromatic rings. The molecule has 124 valence electrons. The molecular weight excluding hydrogens is 356 g/mol. The van der Waals surface area contributed by atoms with Gasteiger partial charge >= 0.3 is 5.97 Å². The molecule has 0 atom stereocenters. The normalized spacial score (nSPS) is 11.4. The molecule has 0 bridgehead atoms. The summed E-state index contributed by atoms with van der Waals surface area (Å²) < 4.78 is 10.7. The van der Waals surface area contributed by atoms with Gasteiger partial charge in [0.2, 0.25) is 5.89 Å². The quantitative estimate of drug-likeness (QED) is 0.375. The van der Waals surface area contributed by atoms with E-state index in [-0.39, 0.29) is 6.61 Å². The van der Waals surface area contributed by atoms with Gasteiger partial charge in [0.05, 0.1) is 5.69 Å². The molecule has 4 rings (SSSR count). The molecule has 5 nitrogen and oxygen atoms in total. The number of oxazole rings is 1. The fourth-order valence-electron chi connectivity index (χ4n) is 2.19. The smallest absolute Gasteiger partial charge is 0.331 e. The number of carbonyl (C=O) groups is 1. The van der Waals surface area contributed by atoms with Gasteiger partial charge in [-0.15, -0.1) is 11.3 Å². The number of hydrogen-bond donors (Lipinski definition) is 0. The molecule has 0 aliphatic carbocycles. The summed E-state index contributed by atoms with van der Waals surface area (Å²) in [5.74, 6) is -0.0982. The second-order valence-electron chi connectivity index (χ2n) is 5.12. The Labute approximate surface area is 151 Å². The zero-order valence-corrected chi connectivity index (χ0v) is 14.5. The van der Waals surface area contributed by atoms with Crippen LogP contribution in [0.5, 0.6) is 0 Å². The number of ether oxygens (including phenoxy) is 1. The van der Waals surface area contributed by atoms with Crippen molar-refractivity contribution >= 4 is 45.8 Å². The molecule has 0 saturated heterocycles. The number of hydrogen-bond acceptors (Lipinski definition) is 7. The largest absolute Gasteiger partial charge is 0.456 e. The van der Waals surface area contributed by atoms with Gasteiger partial charge in [-0.25, -0.2) is 14.8 Å². The van der Waals surface area contributed by atoms with Crippen LogP contribution in [0.25, 0.3) is 27.7 Å². The summed E-state index contributed by atoms with van der Waals surface area (Å²) in [6.07, 6.45) is 2.80. The first-order chi connectivity index (χ1) is 12.3. The Morgan fingerprint density at radius 3 is 2.96 bits per heavy atom. The molecule has 0 unspecified atom stereocenters. The van der Waals surface area contributed by atoms with Gasteiger partial charge in [0, 0.05) is 28.5 Å². The van der Waals surface area contributed by atoms with Crippen LogP contribution in [0.3, 0.4) is 0 Å². The number of fused-ring (bicyclic) bond motifs is 1. The summed E-state index contributed by atoms with van der Waals surface area (Å²) >= 11 is 3.16. The molecule has 0 aliphatic rings. The molecule has 0 saturated carbocycles. The lowest BCUT2D eigenvalue weighted by Crippen LogP contribution is -2.00. The maximum Gasteiger partial charge on any atom is 0.331 e. The number of thiazole rings is 1. The van der Waals surface area contributed by atoms with Gasteiger partial charge in [-0.2, -0.15) is 11.3 Å². The van der Waals surface area contributed by atoms with Crippen LogP contribution in [0.4, 0.5) is 0 Å². The Kier molecular flexibility index (Phi) is 4.41. The topological polar surface area (TPSA) is 65.2 Å². The van der Waals surface area contributed by atoms with Crippen LogP contribution in [0, 0.1) is 0 Å². The van der Waals surface area contributed by atoms with E-state index in [9.17, 15) is 4.79 Å². The van der Waals surface area contributed by atoms with Crippen molar-refractivity contribution in [3.8, 4) is 10.6 Å². The van der Waals surface area contributed by atoms with E-state index in [4.69, 9.17) is 9.15 Å². The number of rotatable bonds is 5. The van der Waals surface area contributed by atoms with E-state index in [1.165, 1.54) is 23.5 Å². The molecule has 25 heavy (non-hydrogen) atoms. The van der Waals surface area contributed by atoms with Crippen LogP contribution in [-0.2, 0) is 16.1 Å². The molecule has 0 amide bonds. The standard InChI is InChI=1S/C18H12N2O3S2/c21-17(6-5-16-20-14-3-1-2-4-15(14)23-16)22-9-13-11-25-18(19-13)12-7-8-24-10-12/h1-8,10-11H,9H2/b6-5+. The molecule has 1 aromatic carbocycles. The molecule has 0 N–H and O–H groups in total. The van der Waals surface area contributed by atoms with Crippen LogP contribution in [0.15, 0.2) is 57.0 Å². The Hall–Kier alpha value is -2.77. The molecule has 7 heteroatoms. The van der Waals surface area contributed by atoms with Gasteiger partial charge in [0.25, 0.3) is 0 Å². The molecule has 0 aliphatic heterocycles. The monoisotopic (exact) mass is 368 g/mol. The van der Waals surface area contributed by atoms with Crippen molar-refractivity contribution in [2.45, 2.75) is 6.61 Å². The fourth-order valence-corrected chi connectivity index (χ4v) is 3.70. The maximum absolute atomic E-state index is 11.8. The van der Waals surface area contributed by atoms with Gasteiger partial charge in [-0.05, 0) is 23.6 Å².